The Balaban J connectivity index is 2.14. The summed E-state index contributed by atoms with van der Waals surface area (Å²) in [6, 6.07) is 7.03. The van der Waals surface area contributed by atoms with Crippen LogP contribution in [-0.4, -0.2) is 12.7 Å². The number of hydrogen-bond acceptors (Lipinski definition) is 3. The molecule has 0 aliphatic rings. The van der Waals surface area contributed by atoms with Gasteiger partial charge in [0.25, 0.3) is 0 Å². The van der Waals surface area contributed by atoms with Crippen molar-refractivity contribution < 1.29 is 9.53 Å². The molecule has 1 aromatic rings. The van der Waals surface area contributed by atoms with Crippen LogP contribution in [0.3, 0.4) is 0 Å². The fourth-order valence-corrected chi connectivity index (χ4v) is 1.64. The van der Waals surface area contributed by atoms with Gasteiger partial charge in [0.15, 0.2) is 0 Å². The molecular formula is C14H22N2O2. The normalized spacial score (nSPS) is 10.1. The number of carbonyl (C=O) groups excluding carboxylic acids is 1. The van der Waals surface area contributed by atoms with Gasteiger partial charge in [0.1, 0.15) is 0 Å². The Bertz CT molecular complexity index is 367. The number of ether oxygens (including phenoxy) is 1. The van der Waals surface area contributed by atoms with Crippen LogP contribution in [0.4, 0.5) is 16.2 Å². The second-order valence-corrected chi connectivity index (χ2v) is 4.30. The second-order valence-electron chi connectivity index (χ2n) is 4.30. The minimum atomic E-state index is -0.420. The summed E-state index contributed by atoms with van der Waals surface area (Å²) in [5.41, 5.74) is 6.89. The fourth-order valence-electron chi connectivity index (χ4n) is 1.64. The van der Waals surface area contributed by atoms with Gasteiger partial charge in [-0.25, -0.2) is 4.79 Å². The lowest BCUT2D eigenvalue weighted by Gasteiger charge is -2.07. The smallest absolute Gasteiger partial charge is 0.411 e. The van der Waals surface area contributed by atoms with Crippen molar-refractivity contribution in [2.45, 2.75) is 39.0 Å². The summed E-state index contributed by atoms with van der Waals surface area (Å²) in [6.07, 6.45) is 5.28. The molecule has 0 aromatic heterocycles. The average molecular weight is 250 g/mol. The third-order valence-corrected chi connectivity index (χ3v) is 2.61. The summed E-state index contributed by atoms with van der Waals surface area (Å²) in [7, 11) is 0. The third-order valence-electron chi connectivity index (χ3n) is 2.61. The molecule has 0 atom stereocenters. The summed E-state index contributed by atoms with van der Waals surface area (Å²) < 4.78 is 5.08. The van der Waals surface area contributed by atoms with E-state index in [0.29, 0.717) is 18.0 Å². The highest BCUT2D eigenvalue weighted by Gasteiger charge is 2.02. The molecule has 0 saturated heterocycles. The minimum Gasteiger partial charge on any atom is -0.449 e. The third kappa shape index (κ3) is 6.13. The van der Waals surface area contributed by atoms with Crippen LogP contribution < -0.4 is 11.1 Å². The number of anilines is 2. The van der Waals surface area contributed by atoms with Crippen LogP contribution in [-0.2, 0) is 4.74 Å². The van der Waals surface area contributed by atoms with E-state index in [2.05, 4.69) is 12.2 Å². The van der Waals surface area contributed by atoms with Crippen molar-refractivity contribution in [3.8, 4) is 0 Å². The second kappa shape index (κ2) is 8.39. The van der Waals surface area contributed by atoms with Gasteiger partial charge in [-0.15, -0.1) is 0 Å². The molecule has 0 radical (unpaired) electrons. The number of carbonyl (C=O) groups is 1. The van der Waals surface area contributed by atoms with E-state index in [-0.39, 0.29) is 0 Å². The van der Waals surface area contributed by atoms with Crippen molar-refractivity contribution in [1.82, 2.24) is 0 Å². The number of rotatable bonds is 7. The first-order valence-electron chi connectivity index (χ1n) is 6.51. The van der Waals surface area contributed by atoms with Gasteiger partial charge in [-0.1, -0.05) is 38.7 Å². The van der Waals surface area contributed by atoms with Crippen LogP contribution in [0.25, 0.3) is 0 Å². The number of nitrogen functional groups attached to an aromatic ring is 1. The molecule has 0 aliphatic carbocycles. The van der Waals surface area contributed by atoms with E-state index in [0.717, 1.165) is 12.8 Å². The molecule has 0 aliphatic heterocycles. The fraction of sp³-hybridized carbons (Fsp3) is 0.500. The Morgan fingerprint density at radius 2 is 2.06 bits per heavy atom. The molecule has 4 heteroatoms. The molecule has 3 N–H and O–H groups in total. The lowest BCUT2D eigenvalue weighted by molar-refractivity contribution is 0.159. The number of nitrogens with one attached hydrogen (secondary N) is 1. The van der Waals surface area contributed by atoms with Gasteiger partial charge in [-0.05, 0) is 24.6 Å². The molecule has 0 saturated carbocycles. The molecular weight excluding hydrogens is 228 g/mol. The van der Waals surface area contributed by atoms with Crippen LogP contribution in [0.2, 0.25) is 0 Å². The van der Waals surface area contributed by atoms with Crippen molar-refractivity contribution in [3.05, 3.63) is 24.3 Å². The summed E-state index contributed by atoms with van der Waals surface area (Å²) in [4.78, 5) is 11.4. The highest BCUT2D eigenvalue weighted by atomic mass is 16.5. The topological polar surface area (TPSA) is 64.3 Å². The van der Waals surface area contributed by atoms with Gasteiger partial charge in [-0.2, -0.15) is 0 Å². The molecule has 0 heterocycles. The molecule has 100 valence electrons. The average Bonchev–Trinajstić information content (AvgIpc) is 2.33. The molecule has 0 spiro atoms. The van der Waals surface area contributed by atoms with E-state index >= 15 is 0 Å². The van der Waals surface area contributed by atoms with E-state index in [1.807, 2.05) is 0 Å². The zero-order valence-corrected chi connectivity index (χ0v) is 10.9. The highest BCUT2D eigenvalue weighted by molar-refractivity contribution is 5.85. The lowest BCUT2D eigenvalue weighted by atomic mass is 10.2. The molecule has 0 fully saturated rings. The Hall–Kier alpha value is -1.71. The van der Waals surface area contributed by atoms with Gasteiger partial charge in [0.2, 0.25) is 0 Å². The van der Waals surface area contributed by atoms with Crippen LogP contribution in [0.5, 0.6) is 0 Å². The molecule has 1 amide bonds. The van der Waals surface area contributed by atoms with E-state index in [1.165, 1.54) is 19.3 Å². The van der Waals surface area contributed by atoms with E-state index in [9.17, 15) is 4.79 Å². The minimum absolute atomic E-state index is 0.420. The first-order chi connectivity index (χ1) is 8.72. The maximum Gasteiger partial charge on any atom is 0.411 e. The van der Waals surface area contributed by atoms with Crippen LogP contribution in [0, 0.1) is 0 Å². The summed E-state index contributed by atoms with van der Waals surface area (Å²) in [5, 5.41) is 2.64. The summed E-state index contributed by atoms with van der Waals surface area (Å²) in [6.45, 7) is 2.65. The van der Waals surface area contributed by atoms with Crippen molar-refractivity contribution in [2.24, 2.45) is 0 Å². The maximum atomic E-state index is 11.4. The van der Waals surface area contributed by atoms with Crippen molar-refractivity contribution in [3.63, 3.8) is 0 Å². The van der Waals surface area contributed by atoms with E-state index < -0.39 is 6.09 Å². The van der Waals surface area contributed by atoms with Crippen LogP contribution in [0.1, 0.15) is 39.0 Å². The zero-order chi connectivity index (χ0) is 13.2. The monoisotopic (exact) mass is 250 g/mol. The van der Waals surface area contributed by atoms with Crippen molar-refractivity contribution >= 4 is 17.5 Å². The van der Waals surface area contributed by atoms with Gasteiger partial charge in [-0.3, -0.25) is 5.32 Å². The van der Waals surface area contributed by atoms with E-state index in [1.54, 1.807) is 24.3 Å². The maximum absolute atomic E-state index is 11.4. The zero-order valence-electron chi connectivity index (χ0n) is 10.9. The standard InChI is InChI=1S/C14H22N2O2/c1-2-3-4-5-6-10-18-14(17)16-13-9-7-8-12(15)11-13/h7-9,11H,2-6,10,15H2,1H3,(H,16,17). The van der Waals surface area contributed by atoms with Crippen LogP contribution >= 0.6 is 0 Å². The summed E-state index contributed by atoms with van der Waals surface area (Å²) >= 11 is 0. The van der Waals surface area contributed by atoms with Crippen molar-refractivity contribution in [2.75, 3.05) is 17.7 Å². The van der Waals surface area contributed by atoms with Gasteiger partial charge in [0.05, 0.1) is 6.61 Å². The quantitative estimate of drug-likeness (QED) is 0.571. The number of benzene rings is 1. The van der Waals surface area contributed by atoms with Gasteiger partial charge in [0, 0.05) is 11.4 Å². The largest absolute Gasteiger partial charge is 0.449 e. The Morgan fingerprint density at radius 1 is 1.28 bits per heavy atom. The predicted octanol–water partition coefficient (Wildman–Crippen LogP) is 3.79. The molecule has 1 rings (SSSR count). The number of hydrogen-bond donors (Lipinski definition) is 2. The predicted molar refractivity (Wildman–Crippen MR) is 74.6 cm³/mol. The number of unbranched alkanes of at least 4 members (excludes halogenated alkanes) is 4. The molecule has 0 unspecified atom stereocenters. The van der Waals surface area contributed by atoms with Gasteiger partial charge < -0.3 is 10.5 Å². The van der Waals surface area contributed by atoms with Crippen molar-refractivity contribution in [1.29, 1.82) is 0 Å². The van der Waals surface area contributed by atoms with Gasteiger partial charge >= 0.3 is 6.09 Å². The highest BCUT2D eigenvalue weighted by Crippen LogP contribution is 2.12. The summed E-state index contributed by atoms with van der Waals surface area (Å²) in [5.74, 6) is 0. The first-order valence-corrected chi connectivity index (χ1v) is 6.51. The Morgan fingerprint density at radius 3 is 2.78 bits per heavy atom. The molecule has 1 aromatic carbocycles. The number of nitrogens with two attached hydrogens (primary N) is 1. The first kappa shape index (κ1) is 14.4. The number of amides is 1. The lowest BCUT2D eigenvalue weighted by Crippen LogP contribution is -2.14. The van der Waals surface area contributed by atoms with Crippen LogP contribution in [0.15, 0.2) is 24.3 Å². The molecule has 4 nitrogen and oxygen atoms in total. The Labute approximate surface area is 109 Å². The molecule has 18 heavy (non-hydrogen) atoms. The Kier molecular flexibility index (Phi) is 6.69. The van der Waals surface area contributed by atoms with E-state index in [4.69, 9.17) is 10.5 Å². The SMILES string of the molecule is CCCCCCCOC(=O)Nc1cccc(N)c1. The molecule has 0 bridgehead atoms.